The summed E-state index contributed by atoms with van der Waals surface area (Å²) in [5.74, 6) is -0.221. The zero-order valence-electron chi connectivity index (χ0n) is 36.4. The van der Waals surface area contributed by atoms with Gasteiger partial charge in [-0.05, 0) is 116 Å². The Morgan fingerprint density at radius 1 is 0.984 bits per heavy atom. The molecule has 7 atom stereocenters. The third-order valence-corrected chi connectivity index (χ3v) is 14.5. The van der Waals surface area contributed by atoms with Gasteiger partial charge in [-0.15, -0.1) is 0 Å². The SMILES string of the molecule is C[C@@H]1[C@@H](NC(=O)C2CCS(=O)(=O)N2Cc2cccc(CNC(c3ccccc3Oc3ccc(F)cc3)[C@H](CN(C)C)CC(C)(C)C)c2)C[C@H]2C[C@@H]1C2(C)C.O=C(O)C(F)(F)F. The highest BCUT2D eigenvalue weighted by Gasteiger charge is 2.57. The average Bonchev–Trinajstić information content (AvgIpc) is 3.45. The smallest absolute Gasteiger partial charge is 0.475 e. The number of rotatable bonds is 14. The average molecular weight is 875 g/mol. The molecular formula is C46H62F4N4O6S. The van der Waals surface area contributed by atoms with Crippen LogP contribution in [0.2, 0.25) is 0 Å². The monoisotopic (exact) mass is 874 g/mol. The summed E-state index contributed by atoms with van der Waals surface area (Å²) in [6, 6.07) is 21.4. The van der Waals surface area contributed by atoms with Crippen LogP contribution in [0.4, 0.5) is 17.6 Å². The maximum atomic E-state index is 13.7. The van der Waals surface area contributed by atoms with Gasteiger partial charge >= 0.3 is 12.1 Å². The van der Waals surface area contributed by atoms with E-state index in [9.17, 15) is 30.8 Å². The topological polar surface area (TPSA) is 128 Å². The first-order chi connectivity index (χ1) is 28.4. The lowest BCUT2D eigenvalue weighted by Crippen LogP contribution is -2.61. The van der Waals surface area contributed by atoms with E-state index in [-0.39, 0.29) is 47.4 Å². The summed E-state index contributed by atoms with van der Waals surface area (Å²) >= 11 is 0. The molecule has 0 radical (unpaired) electrons. The van der Waals surface area contributed by atoms with E-state index in [1.165, 1.54) is 22.9 Å². The number of benzene rings is 3. The van der Waals surface area contributed by atoms with Gasteiger partial charge in [0.25, 0.3) is 0 Å². The summed E-state index contributed by atoms with van der Waals surface area (Å²) in [7, 11) is 0.602. The number of nitrogens with one attached hydrogen (secondary N) is 2. The lowest BCUT2D eigenvalue weighted by molar-refractivity contribution is -0.192. The van der Waals surface area contributed by atoms with Gasteiger partial charge in [-0.1, -0.05) is 84.0 Å². The number of nitrogens with zero attached hydrogens (tertiary/aromatic N) is 2. The fraction of sp³-hybridized carbons (Fsp3) is 0.565. The third kappa shape index (κ3) is 12.3. The second kappa shape index (κ2) is 19.1. The highest BCUT2D eigenvalue weighted by atomic mass is 32.2. The van der Waals surface area contributed by atoms with Crippen molar-refractivity contribution < 1.29 is 45.4 Å². The van der Waals surface area contributed by atoms with Gasteiger partial charge in [0.1, 0.15) is 23.4 Å². The Labute approximate surface area is 358 Å². The largest absolute Gasteiger partial charge is 0.490 e. The van der Waals surface area contributed by atoms with E-state index in [0.29, 0.717) is 47.6 Å². The molecule has 1 saturated heterocycles. The third-order valence-electron chi connectivity index (χ3n) is 12.7. The molecule has 1 aliphatic heterocycles. The minimum Gasteiger partial charge on any atom is -0.475 e. The molecule has 0 spiro atoms. The number of aliphatic carboxylic acids is 1. The summed E-state index contributed by atoms with van der Waals surface area (Å²) in [4.78, 5) is 24.9. The van der Waals surface area contributed by atoms with Crippen LogP contribution in [0.25, 0.3) is 0 Å². The lowest BCUT2D eigenvalue weighted by atomic mass is 9.45. The number of fused-ring (bicyclic) bond motifs is 2. The van der Waals surface area contributed by atoms with Gasteiger partial charge in [-0.25, -0.2) is 17.6 Å². The van der Waals surface area contributed by atoms with Crippen molar-refractivity contribution in [2.24, 2.45) is 34.5 Å². The summed E-state index contributed by atoms with van der Waals surface area (Å²) in [6.45, 7) is 15.2. The van der Waals surface area contributed by atoms with Gasteiger partial charge in [0.2, 0.25) is 15.9 Å². The van der Waals surface area contributed by atoms with Gasteiger partial charge in [0, 0.05) is 37.3 Å². The van der Waals surface area contributed by atoms with Gasteiger partial charge in [-0.3, -0.25) is 4.79 Å². The Hall–Kier alpha value is -4.05. The predicted octanol–water partition coefficient (Wildman–Crippen LogP) is 8.79. The van der Waals surface area contributed by atoms with Crippen molar-refractivity contribution in [1.29, 1.82) is 0 Å². The van der Waals surface area contributed by atoms with E-state index in [4.69, 9.17) is 14.6 Å². The maximum Gasteiger partial charge on any atom is 0.490 e. The van der Waals surface area contributed by atoms with Gasteiger partial charge in [0.15, 0.2) is 0 Å². The summed E-state index contributed by atoms with van der Waals surface area (Å²) in [5, 5.41) is 14.3. The highest BCUT2D eigenvalue weighted by Crippen LogP contribution is 2.61. The number of carbonyl (C=O) groups is 2. The first-order valence-corrected chi connectivity index (χ1v) is 22.5. The van der Waals surface area contributed by atoms with Crippen molar-refractivity contribution in [2.45, 2.75) is 105 Å². The molecule has 61 heavy (non-hydrogen) atoms. The highest BCUT2D eigenvalue weighted by molar-refractivity contribution is 7.89. The van der Waals surface area contributed by atoms with Crippen LogP contribution in [-0.4, -0.2) is 79.3 Å². The van der Waals surface area contributed by atoms with E-state index in [0.717, 1.165) is 36.1 Å². The van der Waals surface area contributed by atoms with Crippen molar-refractivity contribution in [2.75, 3.05) is 26.4 Å². The second-order valence-corrected chi connectivity index (χ2v) is 21.1. The number of carboxylic acid groups (broad SMARTS) is 1. The van der Waals surface area contributed by atoms with Crippen LogP contribution in [0.3, 0.4) is 0 Å². The molecule has 4 fully saturated rings. The van der Waals surface area contributed by atoms with Crippen LogP contribution in [0, 0.1) is 40.3 Å². The fourth-order valence-corrected chi connectivity index (χ4v) is 11.3. The zero-order chi connectivity index (χ0) is 45.1. The summed E-state index contributed by atoms with van der Waals surface area (Å²) in [6.07, 6.45) is -1.65. The molecule has 4 aliphatic rings. The molecule has 3 aliphatic carbocycles. The Bertz CT molecular complexity index is 2090. The number of carbonyl (C=O) groups excluding carboxylic acids is 1. The number of amides is 1. The molecule has 10 nitrogen and oxygen atoms in total. The van der Waals surface area contributed by atoms with E-state index >= 15 is 0 Å². The Kier molecular flexibility index (Phi) is 15.1. The minimum absolute atomic E-state index is 0.0209. The minimum atomic E-state index is -5.08. The van der Waals surface area contributed by atoms with Crippen molar-refractivity contribution in [3.05, 3.63) is 95.3 Å². The molecule has 336 valence electrons. The Balaban J connectivity index is 0.000000925. The first-order valence-electron chi connectivity index (χ1n) is 20.9. The zero-order valence-corrected chi connectivity index (χ0v) is 37.2. The second-order valence-electron chi connectivity index (χ2n) is 19.1. The molecular weight excluding hydrogens is 813 g/mol. The number of carboxylic acids is 1. The van der Waals surface area contributed by atoms with Crippen molar-refractivity contribution in [1.82, 2.24) is 19.8 Å². The van der Waals surface area contributed by atoms with Crippen LogP contribution in [0.15, 0.2) is 72.8 Å². The molecule has 15 heteroatoms. The maximum absolute atomic E-state index is 13.7. The normalized spacial score (nSPS) is 24.2. The van der Waals surface area contributed by atoms with E-state index in [1.54, 1.807) is 12.1 Å². The standard InChI is InChI=1S/C44H61FN4O4S.C2HF3O2/c1-29-37-23-33(44(37,5)6)24-38(29)47-42(50)39-20-21-54(51,52)49(39)27-31-13-11-12-30(22-31)26-46-41(32(28-48(7)8)25-43(2,3)4)36-14-9-10-15-40(36)53-35-18-16-34(45)17-19-35;3-2(4,5)1(6)7/h9-19,22,29,32-33,37-39,41,46H,20-21,23-28H2,1-8H3,(H,47,50);(H,6,7)/t29-,32-,33+,37-,38-,39?,41?;/m0./s1. The predicted molar refractivity (Wildman–Crippen MR) is 228 cm³/mol. The van der Waals surface area contributed by atoms with E-state index in [2.05, 4.69) is 89.4 Å². The molecule has 1 amide bonds. The fourth-order valence-electron chi connectivity index (χ4n) is 9.59. The molecule has 7 rings (SSSR count). The molecule has 2 unspecified atom stereocenters. The molecule has 3 N–H and O–H groups in total. The van der Waals surface area contributed by atoms with Crippen LogP contribution in [0.5, 0.6) is 11.5 Å². The van der Waals surface area contributed by atoms with Gasteiger partial charge < -0.3 is 25.4 Å². The van der Waals surface area contributed by atoms with Crippen molar-refractivity contribution in [3.63, 3.8) is 0 Å². The summed E-state index contributed by atoms with van der Waals surface area (Å²) < 4.78 is 80.1. The lowest BCUT2D eigenvalue weighted by Gasteiger charge is -2.62. The molecule has 3 saturated carbocycles. The van der Waals surface area contributed by atoms with Gasteiger partial charge in [-0.2, -0.15) is 17.5 Å². The van der Waals surface area contributed by atoms with E-state index in [1.807, 2.05) is 30.3 Å². The molecule has 0 aromatic heterocycles. The number of hydrogen-bond donors (Lipinski definition) is 3. The first kappa shape index (κ1) is 48.0. The Morgan fingerprint density at radius 2 is 1.62 bits per heavy atom. The number of alkyl halides is 3. The number of sulfonamides is 1. The van der Waals surface area contributed by atoms with Crippen LogP contribution in [-0.2, 0) is 32.7 Å². The molecule has 3 aromatic rings. The number of ether oxygens (including phenoxy) is 1. The van der Waals surface area contributed by atoms with Gasteiger partial charge in [0.05, 0.1) is 5.75 Å². The molecule has 2 bridgehead atoms. The van der Waals surface area contributed by atoms with Crippen LogP contribution < -0.4 is 15.4 Å². The molecule has 1 heterocycles. The quantitative estimate of drug-likeness (QED) is 0.137. The van der Waals surface area contributed by atoms with Crippen LogP contribution in [0.1, 0.15) is 90.0 Å². The number of halogens is 4. The van der Waals surface area contributed by atoms with Crippen molar-refractivity contribution >= 4 is 21.9 Å². The molecule has 3 aromatic carbocycles. The summed E-state index contributed by atoms with van der Waals surface area (Å²) in [5.41, 5.74) is 3.25. The van der Waals surface area contributed by atoms with E-state index < -0.39 is 28.2 Å². The number of para-hydroxylation sites is 1. The Morgan fingerprint density at radius 3 is 2.21 bits per heavy atom. The van der Waals surface area contributed by atoms with Crippen LogP contribution >= 0.6 is 0 Å². The van der Waals surface area contributed by atoms with Crippen molar-refractivity contribution in [3.8, 4) is 11.5 Å². The number of hydrogen-bond acceptors (Lipinski definition) is 7.